The van der Waals surface area contributed by atoms with Crippen LogP contribution >= 0.6 is 11.3 Å². The van der Waals surface area contributed by atoms with Gasteiger partial charge in [-0.05, 0) is 37.5 Å². The number of rotatable bonds is 4. The normalized spacial score (nSPS) is 11.4. The van der Waals surface area contributed by atoms with E-state index in [-0.39, 0.29) is 0 Å². The summed E-state index contributed by atoms with van der Waals surface area (Å²) in [6, 6.07) is 8.46. The first-order chi connectivity index (χ1) is 10.7. The summed E-state index contributed by atoms with van der Waals surface area (Å²) in [6.07, 6.45) is 4.42. The van der Waals surface area contributed by atoms with Crippen LogP contribution < -0.4 is 5.43 Å². The van der Waals surface area contributed by atoms with Gasteiger partial charge in [-0.15, -0.1) is 11.3 Å². The predicted molar refractivity (Wildman–Crippen MR) is 93.9 cm³/mol. The number of thiophene rings is 1. The Hall–Kier alpha value is -2.27. The Morgan fingerprint density at radius 1 is 1.23 bits per heavy atom. The molecule has 1 N–H and O–H groups in total. The minimum absolute atomic E-state index is 0.752. The maximum absolute atomic E-state index is 4.34. The van der Waals surface area contributed by atoms with Crippen molar-refractivity contribution >= 4 is 33.6 Å². The maximum Gasteiger partial charge on any atom is 0.158 e. The number of hydrazone groups is 1. The maximum atomic E-state index is 4.34. The molecule has 0 radical (unpaired) electrons. The van der Waals surface area contributed by atoms with Crippen LogP contribution in [0.25, 0.3) is 10.2 Å². The zero-order valence-electron chi connectivity index (χ0n) is 12.9. The van der Waals surface area contributed by atoms with Crippen LogP contribution in [0.4, 0.5) is 5.82 Å². The molecule has 0 aliphatic rings. The largest absolute Gasteiger partial charge is 0.261 e. The molecule has 5 heteroatoms. The number of hydrogen-bond donors (Lipinski definition) is 1. The fourth-order valence-corrected chi connectivity index (χ4v) is 3.17. The van der Waals surface area contributed by atoms with E-state index in [9.17, 15) is 0 Å². The quantitative estimate of drug-likeness (QED) is 0.577. The number of nitrogens with zero attached hydrogens (tertiary/aromatic N) is 3. The lowest BCUT2D eigenvalue weighted by Crippen LogP contribution is -1.96. The summed E-state index contributed by atoms with van der Waals surface area (Å²) in [7, 11) is 0. The number of fused-ring (bicyclic) bond motifs is 1. The van der Waals surface area contributed by atoms with Gasteiger partial charge in [0.1, 0.15) is 11.2 Å². The van der Waals surface area contributed by atoms with Gasteiger partial charge in [0, 0.05) is 4.88 Å². The summed E-state index contributed by atoms with van der Waals surface area (Å²) in [6.45, 7) is 6.30. The van der Waals surface area contributed by atoms with E-state index in [2.05, 4.69) is 65.5 Å². The lowest BCUT2D eigenvalue weighted by molar-refractivity contribution is 1.18. The zero-order chi connectivity index (χ0) is 15.5. The Kier molecular flexibility index (Phi) is 4.15. The van der Waals surface area contributed by atoms with Gasteiger partial charge in [-0.2, -0.15) is 5.10 Å². The number of aromatic nitrogens is 2. The highest BCUT2D eigenvalue weighted by molar-refractivity contribution is 7.18. The second-order valence-corrected chi connectivity index (χ2v) is 6.35. The fraction of sp³-hybridized carbons (Fsp3) is 0.235. The average molecular weight is 310 g/mol. The Morgan fingerprint density at radius 3 is 2.91 bits per heavy atom. The molecular formula is C17H18N4S. The van der Waals surface area contributed by atoms with Crippen LogP contribution in [0.15, 0.2) is 35.7 Å². The van der Waals surface area contributed by atoms with Crippen LogP contribution in [0, 0.1) is 13.8 Å². The van der Waals surface area contributed by atoms with E-state index in [1.165, 1.54) is 16.0 Å². The number of anilines is 1. The first-order valence-corrected chi connectivity index (χ1v) is 8.08. The Labute approximate surface area is 133 Å². The third-order valence-electron chi connectivity index (χ3n) is 3.54. The van der Waals surface area contributed by atoms with Crippen molar-refractivity contribution in [2.45, 2.75) is 27.2 Å². The molecule has 0 bridgehead atoms. The molecule has 0 fully saturated rings. The zero-order valence-corrected chi connectivity index (χ0v) is 13.7. The summed E-state index contributed by atoms with van der Waals surface area (Å²) in [5.74, 6) is 0.752. The summed E-state index contributed by atoms with van der Waals surface area (Å²) < 4.78 is 0. The Morgan fingerprint density at radius 2 is 2.09 bits per heavy atom. The summed E-state index contributed by atoms with van der Waals surface area (Å²) in [4.78, 5) is 10.9. The molecule has 0 atom stereocenters. The minimum atomic E-state index is 0.752. The average Bonchev–Trinajstić information content (AvgIpc) is 2.95. The van der Waals surface area contributed by atoms with Crippen LogP contribution in [-0.4, -0.2) is 16.2 Å². The lowest BCUT2D eigenvalue weighted by atomic mass is 10.1. The second-order valence-electron chi connectivity index (χ2n) is 5.24. The highest BCUT2D eigenvalue weighted by atomic mass is 32.1. The number of aryl methyl sites for hydroxylation is 3. The Balaban J connectivity index is 1.86. The SMILES string of the molecule is CCc1cc2c(NN=Cc3cc(C)ccc3C)ncnc2s1. The van der Waals surface area contributed by atoms with Crippen molar-refractivity contribution in [3.05, 3.63) is 52.2 Å². The molecule has 112 valence electrons. The van der Waals surface area contributed by atoms with Crippen LogP contribution in [0.3, 0.4) is 0 Å². The molecule has 1 aromatic carbocycles. The molecule has 0 saturated carbocycles. The molecule has 22 heavy (non-hydrogen) atoms. The summed E-state index contributed by atoms with van der Waals surface area (Å²) >= 11 is 1.70. The van der Waals surface area contributed by atoms with E-state index in [0.717, 1.165) is 28.0 Å². The smallest absolute Gasteiger partial charge is 0.158 e. The van der Waals surface area contributed by atoms with Gasteiger partial charge in [0.05, 0.1) is 11.6 Å². The van der Waals surface area contributed by atoms with Crippen molar-refractivity contribution in [3.8, 4) is 0 Å². The molecule has 3 rings (SSSR count). The lowest BCUT2D eigenvalue weighted by Gasteiger charge is -2.02. The molecule has 0 unspecified atom stereocenters. The van der Waals surface area contributed by atoms with E-state index in [1.807, 2.05) is 6.21 Å². The molecule has 2 aromatic heterocycles. The molecule has 4 nitrogen and oxygen atoms in total. The summed E-state index contributed by atoms with van der Waals surface area (Å²) in [5, 5.41) is 5.37. The van der Waals surface area contributed by atoms with E-state index in [1.54, 1.807) is 17.7 Å². The molecular weight excluding hydrogens is 292 g/mol. The van der Waals surface area contributed by atoms with E-state index in [0.29, 0.717) is 0 Å². The second kappa shape index (κ2) is 6.23. The minimum Gasteiger partial charge on any atom is -0.261 e. The van der Waals surface area contributed by atoms with Gasteiger partial charge in [0.15, 0.2) is 5.82 Å². The number of benzene rings is 1. The number of hydrogen-bond acceptors (Lipinski definition) is 5. The topological polar surface area (TPSA) is 50.2 Å². The van der Waals surface area contributed by atoms with Crippen molar-refractivity contribution in [1.29, 1.82) is 0 Å². The standard InChI is InChI=1S/C17H18N4S/c1-4-14-8-15-16(18-10-19-17(15)22-14)21-20-9-13-7-11(2)5-6-12(13)3/h5-10H,4H2,1-3H3,(H,18,19,21). The molecule has 0 aliphatic carbocycles. The van der Waals surface area contributed by atoms with Gasteiger partial charge < -0.3 is 0 Å². The molecule has 0 aliphatic heterocycles. The van der Waals surface area contributed by atoms with Crippen molar-refractivity contribution in [3.63, 3.8) is 0 Å². The first-order valence-electron chi connectivity index (χ1n) is 7.27. The molecule has 0 saturated heterocycles. The van der Waals surface area contributed by atoms with E-state index >= 15 is 0 Å². The van der Waals surface area contributed by atoms with Crippen molar-refractivity contribution < 1.29 is 0 Å². The fourth-order valence-electron chi connectivity index (χ4n) is 2.23. The van der Waals surface area contributed by atoms with Crippen molar-refractivity contribution in [1.82, 2.24) is 9.97 Å². The van der Waals surface area contributed by atoms with Crippen LogP contribution in [-0.2, 0) is 6.42 Å². The van der Waals surface area contributed by atoms with Crippen LogP contribution in [0.5, 0.6) is 0 Å². The first kappa shape index (κ1) is 14.7. The molecule has 3 aromatic rings. The summed E-state index contributed by atoms with van der Waals surface area (Å²) in [5.41, 5.74) is 6.58. The van der Waals surface area contributed by atoms with Gasteiger partial charge in [-0.3, -0.25) is 5.43 Å². The van der Waals surface area contributed by atoms with Gasteiger partial charge >= 0.3 is 0 Å². The van der Waals surface area contributed by atoms with Gasteiger partial charge in [0.2, 0.25) is 0 Å². The van der Waals surface area contributed by atoms with E-state index < -0.39 is 0 Å². The molecule has 0 spiro atoms. The van der Waals surface area contributed by atoms with E-state index in [4.69, 9.17) is 0 Å². The van der Waals surface area contributed by atoms with Gasteiger partial charge in [-0.1, -0.05) is 30.7 Å². The highest BCUT2D eigenvalue weighted by Gasteiger charge is 2.07. The van der Waals surface area contributed by atoms with Crippen LogP contribution in [0.1, 0.15) is 28.5 Å². The van der Waals surface area contributed by atoms with Gasteiger partial charge in [-0.25, -0.2) is 9.97 Å². The van der Waals surface area contributed by atoms with Crippen LogP contribution in [0.2, 0.25) is 0 Å². The third kappa shape index (κ3) is 2.99. The monoisotopic (exact) mass is 310 g/mol. The van der Waals surface area contributed by atoms with Crippen molar-refractivity contribution in [2.75, 3.05) is 5.43 Å². The van der Waals surface area contributed by atoms with Crippen molar-refractivity contribution in [2.24, 2.45) is 5.10 Å². The predicted octanol–water partition coefficient (Wildman–Crippen LogP) is 4.32. The number of nitrogens with one attached hydrogen (secondary N) is 1. The third-order valence-corrected chi connectivity index (χ3v) is 4.73. The highest BCUT2D eigenvalue weighted by Crippen LogP contribution is 2.28. The molecule has 2 heterocycles. The Bertz CT molecular complexity index is 836. The molecule has 0 amide bonds. The van der Waals surface area contributed by atoms with Gasteiger partial charge in [0.25, 0.3) is 0 Å².